The van der Waals surface area contributed by atoms with Gasteiger partial charge in [-0.25, -0.2) is 13.2 Å². The van der Waals surface area contributed by atoms with Crippen LogP contribution in [0.1, 0.15) is 25.3 Å². The van der Waals surface area contributed by atoms with Gasteiger partial charge in [0.1, 0.15) is 5.82 Å². The summed E-state index contributed by atoms with van der Waals surface area (Å²) in [4.78, 5) is 4.33. The number of halogens is 3. The second kappa shape index (κ2) is 6.83. The van der Waals surface area contributed by atoms with Crippen molar-refractivity contribution < 1.29 is 13.2 Å². The quantitative estimate of drug-likeness (QED) is 0.626. The normalized spacial score (nSPS) is 16.9. The van der Waals surface area contributed by atoms with Gasteiger partial charge < -0.3 is 10.6 Å². The lowest BCUT2D eigenvalue weighted by molar-refractivity contribution is 0.152. The SMILES string of the molecule is CCNC(=NCC1(c2ccccc2F)CC1)NCC(F)F. The van der Waals surface area contributed by atoms with Crippen molar-refractivity contribution in [2.45, 2.75) is 31.6 Å². The Labute approximate surface area is 122 Å². The van der Waals surface area contributed by atoms with Crippen LogP contribution in [0, 0.1) is 5.82 Å². The largest absolute Gasteiger partial charge is 0.357 e. The fourth-order valence-electron chi connectivity index (χ4n) is 2.30. The molecule has 0 heterocycles. The van der Waals surface area contributed by atoms with Crippen molar-refractivity contribution in [1.29, 1.82) is 0 Å². The smallest absolute Gasteiger partial charge is 0.255 e. The fourth-order valence-corrected chi connectivity index (χ4v) is 2.30. The summed E-state index contributed by atoms with van der Waals surface area (Å²) in [5.74, 6) is 0.121. The molecule has 0 spiro atoms. The van der Waals surface area contributed by atoms with Crippen molar-refractivity contribution in [3.05, 3.63) is 35.6 Å². The van der Waals surface area contributed by atoms with E-state index in [1.165, 1.54) is 6.07 Å². The van der Waals surface area contributed by atoms with E-state index in [1.807, 2.05) is 13.0 Å². The van der Waals surface area contributed by atoms with Gasteiger partial charge in [-0.05, 0) is 31.4 Å². The first-order valence-corrected chi connectivity index (χ1v) is 7.13. The third-order valence-electron chi connectivity index (χ3n) is 3.61. The van der Waals surface area contributed by atoms with E-state index in [4.69, 9.17) is 0 Å². The highest BCUT2D eigenvalue weighted by Crippen LogP contribution is 2.49. The maximum atomic E-state index is 13.9. The number of benzene rings is 1. The minimum Gasteiger partial charge on any atom is -0.357 e. The molecule has 0 atom stereocenters. The van der Waals surface area contributed by atoms with Crippen molar-refractivity contribution in [2.24, 2.45) is 4.99 Å². The van der Waals surface area contributed by atoms with Crippen molar-refractivity contribution in [3.8, 4) is 0 Å². The van der Waals surface area contributed by atoms with Crippen molar-refractivity contribution in [3.63, 3.8) is 0 Å². The zero-order valence-electron chi connectivity index (χ0n) is 12.0. The lowest BCUT2D eigenvalue weighted by Crippen LogP contribution is -2.40. The van der Waals surface area contributed by atoms with Crippen LogP contribution < -0.4 is 10.6 Å². The molecule has 1 aromatic rings. The molecular formula is C15H20F3N3. The van der Waals surface area contributed by atoms with E-state index >= 15 is 0 Å². The van der Waals surface area contributed by atoms with E-state index in [2.05, 4.69) is 15.6 Å². The summed E-state index contributed by atoms with van der Waals surface area (Å²) in [6.45, 7) is 2.40. The van der Waals surface area contributed by atoms with Crippen LogP contribution in [0.25, 0.3) is 0 Å². The lowest BCUT2D eigenvalue weighted by Gasteiger charge is -2.16. The monoisotopic (exact) mass is 299 g/mol. The Morgan fingerprint density at radius 1 is 1.29 bits per heavy atom. The highest BCUT2D eigenvalue weighted by atomic mass is 19.3. The number of nitrogens with one attached hydrogen (secondary N) is 2. The molecule has 3 nitrogen and oxygen atoms in total. The van der Waals surface area contributed by atoms with Crippen LogP contribution in [0.2, 0.25) is 0 Å². The number of hydrogen-bond acceptors (Lipinski definition) is 1. The Morgan fingerprint density at radius 2 is 2.00 bits per heavy atom. The minimum atomic E-state index is -2.43. The van der Waals surface area contributed by atoms with Gasteiger partial charge in [-0.3, -0.25) is 4.99 Å². The van der Waals surface area contributed by atoms with Crippen LogP contribution in [0.15, 0.2) is 29.3 Å². The fraction of sp³-hybridized carbons (Fsp3) is 0.533. The maximum absolute atomic E-state index is 13.9. The molecule has 1 saturated carbocycles. The Hall–Kier alpha value is -1.72. The molecule has 1 fully saturated rings. The highest BCUT2D eigenvalue weighted by molar-refractivity contribution is 5.79. The van der Waals surface area contributed by atoms with Gasteiger partial charge >= 0.3 is 0 Å². The molecule has 0 aromatic heterocycles. The second-order valence-corrected chi connectivity index (χ2v) is 5.23. The molecule has 0 amide bonds. The van der Waals surface area contributed by atoms with Gasteiger partial charge in [0.25, 0.3) is 6.43 Å². The number of guanidine groups is 1. The summed E-state index contributed by atoms with van der Waals surface area (Å²) < 4.78 is 38.4. The Balaban J connectivity index is 2.05. The third kappa shape index (κ3) is 4.12. The van der Waals surface area contributed by atoms with Crippen LogP contribution in [0.3, 0.4) is 0 Å². The predicted molar refractivity (Wildman–Crippen MR) is 77.3 cm³/mol. The van der Waals surface area contributed by atoms with Crippen molar-refractivity contribution >= 4 is 5.96 Å². The summed E-state index contributed by atoms with van der Waals surface area (Å²) in [7, 11) is 0. The number of hydrogen-bond donors (Lipinski definition) is 2. The maximum Gasteiger partial charge on any atom is 0.255 e. The molecule has 0 radical (unpaired) electrons. The Bertz CT molecular complexity index is 499. The topological polar surface area (TPSA) is 36.4 Å². The molecule has 2 N–H and O–H groups in total. The molecule has 2 rings (SSSR count). The van der Waals surface area contributed by atoms with Gasteiger partial charge in [-0.15, -0.1) is 0 Å². The van der Waals surface area contributed by atoms with E-state index in [0.717, 1.165) is 12.8 Å². The molecule has 0 aliphatic heterocycles. The van der Waals surface area contributed by atoms with Crippen molar-refractivity contribution in [2.75, 3.05) is 19.6 Å². The molecule has 1 aromatic carbocycles. The molecule has 0 unspecified atom stereocenters. The molecule has 1 aliphatic rings. The van der Waals surface area contributed by atoms with Gasteiger partial charge in [-0.1, -0.05) is 18.2 Å². The van der Waals surface area contributed by atoms with Crippen LogP contribution in [0.5, 0.6) is 0 Å². The average Bonchev–Trinajstić information content (AvgIpc) is 3.23. The number of alkyl halides is 2. The Kier molecular flexibility index (Phi) is 5.09. The first kappa shape index (κ1) is 15.7. The molecule has 6 heteroatoms. The summed E-state index contributed by atoms with van der Waals surface area (Å²) in [5, 5.41) is 5.50. The van der Waals surface area contributed by atoms with Crippen LogP contribution in [-0.2, 0) is 5.41 Å². The molecular weight excluding hydrogens is 279 g/mol. The molecule has 0 bridgehead atoms. The van der Waals surface area contributed by atoms with E-state index in [9.17, 15) is 13.2 Å². The standard InChI is InChI=1S/C15H20F3N3/c1-2-19-14(20-9-13(17)18)21-10-15(7-8-15)11-5-3-4-6-12(11)16/h3-6,13H,2,7-10H2,1H3,(H2,19,20,21). The summed E-state index contributed by atoms with van der Waals surface area (Å²) in [6.07, 6.45) is -0.701. The number of aliphatic imine (C=N–C) groups is 1. The molecule has 21 heavy (non-hydrogen) atoms. The van der Waals surface area contributed by atoms with Gasteiger partial charge in [0.2, 0.25) is 0 Å². The summed E-state index contributed by atoms with van der Waals surface area (Å²) >= 11 is 0. The first-order valence-electron chi connectivity index (χ1n) is 7.13. The zero-order valence-corrected chi connectivity index (χ0v) is 12.0. The first-order chi connectivity index (χ1) is 10.1. The van der Waals surface area contributed by atoms with Crippen LogP contribution in [0.4, 0.5) is 13.2 Å². The van der Waals surface area contributed by atoms with Gasteiger partial charge in [0, 0.05) is 12.0 Å². The van der Waals surface area contributed by atoms with Gasteiger partial charge in [-0.2, -0.15) is 0 Å². The molecule has 1 aliphatic carbocycles. The van der Waals surface area contributed by atoms with E-state index in [-0.39, 0.29) is 11.2 Å². The van der Waals surface area contributed by atoms with Gasteiger partial charge in [0.05, 0.1) is 13.1 Å². The zero-order chi connectivity index (χ0) is 15.3. The van der Waals surface area contributed by atoms with Gasteiger partial charge in [0.15, 0.2) is 5.96 Å². The minimum absolute atomic E-state index is 0.226. The predicted octanol–water partition coefficient (Wildman–Crippen LogP) is 2.68. The van der Waals surface area contributed by atoms with E-state index < -0.39 is 13.0 Å². The third-order valence-corrected chi connectivity index (χ3v) is 3.61. The number of rotatable bonds is 6. The van der Waals surface area contributed by atoms with E-state index in [0.29, 0.717) is 24.6 Å². The molecule has 0 saturated heterocycles. The highest BCUT2D eigenvalue weighted by Gasteiger charge is 2.45. The Morgan fingerprint density at radius 3 is 2.57 bits per heavy atom. The average molecular weight is 299 g/mol. The summed E-state index contributed by atoms with van der Waals surface area (Å²) in [6, 6.07) is 6.69. The second-order valence-electron chi connectivity index (χ2n) is 5.23. The number of nitrogens with zero attached hydrogens (tertiary/aromatic N) is 1. The molecule has 116 valence electrons. The van der Waals surface area contributed by atoms with Crippen molar-refractivity contribution in [1.82, 2.24) is 10.6 Å². The van der Waals surface area contributed by atoms with Crippen LogP contribution in [-0.4, -0.2) is 32.0 Å². The lowest BCUT2D eigenvalue weighted by atomic mass is 9.95. The van der Waals surface area contributed by atoms with E-state index in [1.54, 1.807) is 12.1 Å². The summed E-state index contributed by atoms with van der Waals surface area (Å²) in [5.41, 5.74) is 0.386. The van der Waals surface area contributed by atoms with Crippen LogP contribution >= 0.6 is 0 Å².